The fraction of sp³-hybridized carbons (Fsp3) is 0.765. The van der Waals surface area contributed by atoms with Gasteiger partial charge < -0.3 is 14.8 Å². The molecular formula is C17H31NO4S. The second-order valence-corrected chi connectivity index (χ2v) is 6.29. The van der Waals surface area contributed by atoms with E-state index in [2.05, 4.69) is 18.8 Å². The van der Waals surface area contributed by atoms with Crippen LogP contribution in [-0.2, 0) is 14.3 Å². The summed E-state index contributed by atoms with van der Waals surface area (Å²) < 4.78 is 10.1. The summed E-state index contributed by atoms with van der Waals surface area (Å²) in [4.78, 5) is 23.6. The van der Waals surface area contributed by atoms with E-state index < -0.39 is 12.1 Å². The van der Waals surface area contributed by atoms with Crippen molar-refractivity contribution in [1.29, 1.82) is 0 Å². The molecule has 0 aliphatic rings. The highest BCUT2D eigenvalue weighted by molar-refractivity contribution is 7.98. The van der Waals surface area contributed by atoms with Crippen LogP contribution in [0.3, 0.4) is 0 Å². The predicted molar refractivity (Wildman–Crippen MR) is 95.8 cm³/mol. The zero-order chi connectivity index (χ0) is 17.3. The van der Waals surface area contributed by atoms with E-state index in [4.69, 9.17) is 9.47 Å². The molecule has 0 fully saturated rings. The van der Waals surface area contributed by atoms with Gasteiger partial charge in [-0.2, -0.15) is 11.8 Å². The average molecular weight is 346 g/mol. The number of hydrogen-bond acceptors (Lipinski definition) is 5. The van der Waals surface area contributed by atoms with E-state index in [9.17, 15) is 9.59 Å². The van der Waals surface area contributed by atoms with Crippen molar-refractivity contribution in [3.8, 4) is 0 Å². The van der Waals surface area contributed by atoms with Gasteiger partial charge in [0.25, 0.3) is 0 Å². The number of amides is 1. The Hall–Kier alpha value is -1.17. The molecule has 0 aromatic heterocycles. The fourth-order valence-corrected chi connectivity index (χ4v) is 2.43. The van der Waals surface area contributed by atoms with Gasteiger partial charge in [0.1, 0.15) is 12.6 Å². The van der Waals surface area contributed by atoms with Crippen LogP contribution in [-0.4, -0.2) is 43.3 Å². The number of esters is 1. The van der Waals surface area contributed by atoms with Crippen LogP contribution in [0.1, 0.15) is 51.9 Å². The first kappa shape index (κ1) is 21.8. The van der Waals surface area contributed by atoms with Crippen LogP contribution < -0.4 is 5.32 Å². The molecule has 134 valence electrons. The molecule has 0 aromatic rings. The maximum absolute atomic E-state index is 12.1. The minimum Gasteiger partial charge on any atom is -0.464 e. The van der Waals surface area contributed by atoms with Crippen molar-refractivity contribution in [2.24, 2.45) is 0 Å². The molecule has 5 nitrogen and oxygen atoms in total. The van der Waals surface area contributed by atoms with Crippen molar-refractivity contribution in [2.75, 3.05) is 25.2 Å². The van der Waals surface area contributed by atoms with Crippen molar-refractivity contribution >= 4 is 23.8 Å². The second-order valence-electron chi connectivity index (χ2n) is 5.30. The SMILES string of the molecule is C=CCOC(=O)NC(CCSC)C(=O)OCCCCCCCC. The standard InChI is InChI=1S/C17H31NO4S/c1-4-6-7-8-9-10-13-21-16(19)15(11-14-23-3)18-17(20)22-12-5-2/h5,15H,2,4,6-14H2,1,3H3,(H,18,20). The first-order valence-electron chi connectivity index (χ1n) is 8.35. The number of carbonyl (C=O) groups is 2. The monoisotopic (exact) mass is 345 g/mol. The molecule has 0 aliphatic heterocycles. The van der Waals surface area contributed by atoms with E-state index >= 15 is 0 Å². The Morgan fingerprint density at radius 2 is 1.87 bits per heavy atom. The number of carbonyl (C=O) groups excluding carboxylic acids is 2. The number of alkyl carbamates (subject to hydrolysis) is 1. The predicted octanol–water partition coefficient (Wildman–Crippen LogP) is 3.92. The van der Waals surface area contributed by atoms with Gasteiger partial charge in [-0.1, -0.05) is 51.7 Å². The molecule has 0 heterocycles. The molecule has 0 saturated heterocycles. The van der Waals surface area contributed by atoms with Crippen molar-refractivity contribution in [2.45, 2.75) is 57.9 Å². The Labute approximate surface area is 144 Å². The number of rotatable bonds is 14. The van der Waals surface area contributed by atoms with Crippen LogP contribution in [0.25, 0.3) is 0 Å². The first-order valence-corrected chi connectivity index (χ1v) is 9.74. The topological polar surface area (TPSA) is 64.6 Å². The minimum absolute atomic E-state index is 0.119. The van der Waals surface area contributed by atoms with E-state index in [0.717, 1.165) is 18.6 Å². The normalized spacial score (nSPS) is 11.6. The maximum Gasteiger partial charge on any atom is 0.408 e. The zero-order valence-electron chi connectivity index (χ0n) is 14.5. The lowest BCUT2D eigenvalue weighted by molar-refractivity contribution is -0.146. The number of nitrogens with one attached hydrogen (secondary N) is 1. The lowest BCUT2D eigenvalue weighted by atomic mass is 10.1. The van der Waals surface area contributed by atoms with Crippen molar-refractivity contribution in [3.63, 3.8) is 0 Å². The summed E-state index contributed by atoms with van der Waals surface area (Å²) in [6.45, 7) is 6.18. The quantitative estimate of drug-likeness (QED) is 0.294. The Bertz CT molecular complexity index is 337. The van der Waals surface area contributed by atoms with E-state index in [0.29, 0.717) is 13.0 Å². The molecule has 0 saturated carbocycles. The highest BCUT2D eigenvalue weighted by Gasteiger charge is 2.22. The van der Waals surface area contributed by atoms with E-state index in [1.807, 2.05) is 6.26 Å². The van der Waals surface area contributed by atoms with Gasteiger partial charge in [-0.15, -0.1) is 0 Å². The Balaban J connectivity index is 4.04. The Kier molecular flexibility index (Phi) is 14.9. The van der Waals surface area contributed by atoms with Gasteiger partial charge >= 0.3 is 12.1 Å². The first-order chi connectivity index (χ1) is 11.2. The number of ether oxygens (including phenoxy) is 2. The Morgan fingerprint density at radius 1 is 1.17 bits per heavy atom. The number of thioether (sulfide) groups is 1. The number of hydrogen-bond donors (Lipinski definition) is 1. The molecule has 0 aliphatic carbocycles. The summed E-state index contributed by atoms with van der Waals surface area (Å²) in [7, 11) is 0. The molecule has 0 spiro atoms. The van der Waals surface area contributed by atoms with Crippen LogP contribution in [0.5, 0.6) is 0 Å². The van der Waals surface area contributed by atoms with Crippen molar-refractivity contribution in [3.05, 3.63) is 12.7 Å². The van der Waals surface area contributed by atoms with Crippen LogP contribution in [0.2, 0.25) is 0 Å². The summed E-state index contributed by atoms with van der Waals surface area (Å²) >= 11 is 1.62. The zero-order valence-corrected chi connectivity index (χ0v) is 15.3. The van der Waals surface area contributed by atoms with Crippen molar-refractivity contribution < 1.29 is 19.1 Å². The molecule has 0 rings (SSSR count). The molecule has 0 aromatic carbocycles. The van der Waals surface area contributed by atoms with E-state index in [1.54, 1.807) is 11.8 Å². The lowest BCUT2D eigenvalue weighted by Crippen LogP contribution is -2.42. The van der Waals surface area contributed by atoms with Gasteiger partial charge in [-0.3, -0.25) is 0 Å². The third-order valence-electron chi connectivity index (χ3n) is 3.26. The van der Waals surface area contributed by atoms with Gasteiger partial charge in [0, 0.05) is 0 Å². The van der Waals surface area contributed by atoms with E-state index in [-0.39, 0.29) is 12.6 Å². The lowest BCUT2D eigenvalue weighted by Gasteiger charge is -2.17. The molecule has 0 bridgehead atoms. The fourth-order valence-electron chi connectivity index (χ4n) is 1.96. The molecule has 23 heavy (non-hydrogen) atoms. The summed E-state index contributed by atoms with van der Waals surface area (Å²) in [6, 6.07) is -0.653. The summed E-state index contributed by atoms with van der Waals surface area (Å²) in [5.74, 6) is 0.376. The van der Waals surface area contributed by atoms with Gasteiger partial charge in [-0.05, 0) is 24.9 Å². The van der Waals surface area contributed by atoms with Crippen LogP contribution in [0, 0.1) is 0 Å². The highest BCUT2D eigenvalue weighted by atomic mass is 32.2. The van der Waals surface area contributed by atoms with E-state index in [1.165, 1.54) is 31.8 Å². The van der Waals surface area contributed by atoms with Gasteiger partial charge in [0.2, 0.25) is 0 Å². The summed E-state index contributed by atoms with van der Waals surface area (Å²) in [5.41, 5.74) is 0. The van der Waals surface area contributed by atoms with Gasteiger partial charge in [0.15, 0.2) is 0 Å². The largest absolute Gasteiger partial charge is 0.464 e. The summed E-state index contributed by atoms with van der Waals surface area (Å²) in [6.07, 6.45) is 10.2. The number of unbranched alkanes of at least 4 members (excludes halogenated alkanes) is 5. The van der Waals surface area contributed by atoms with Crippen LogP contribution in [0.15, 0.2) is 12.7 Å². The van der Waals surface area contributed by atoms with Gasteiger partial charge in [0.05, 0.1) is 6.61 Å². The van der Waals surface area contributed by atoms with Crippen LogP contribution >= 0.6 is 11.8 Å². The van der Waals surface area contributed by atoms with Gasteiger partial charge in [-0.25, -0.2) is 9.59 Å². The smallest absolute Gasteiger partial charge is 0.408 e. The van der Waals surface area contributed by atoms with Crippen LogP contribution in [0.4, 0.5) is 4.79 Å². The molecule has 1 atom stereocenters. The molecular weight excluding hydrogens is 314 g/mol. The molecule has 0 radical (unpaired) electrons. The molecule has 1 amide bonds. The second kappa shape index (κ2) is 15.7. The molecule has 1 unspecified atom stereocenters. The van der Waals surface area contributed by atoms with Crippen molar-refractivity contribution in [1.82, 2.24) is 5.32 Å². The average Bonchev–Trinajstić information content (AvgIpc) is 2.55. The highest BCUT2D eigenvalue weighted by Crippen LogP contribution is 2.07. The Morgan fingerprint density at radius 3 is 2.52 bits per heavy atom. The summed E-state index contributed by atoms with van der Waals surface area (Å²) in [5, 5.41) is 2.56. The minimum atomic E-state index is -0.653. The molecule has 1 N–H and O–H groups in total. The third kappa shape index (κ3) is 13.0. The third-order valence-corrected chi connectivity index (χ3v) is 3.91. The molecule has 6 heteroatoms. The maximum atomic E-state index is 12.1.